The van der Waals surface area contributed by atoms with Crippen molar-refractivity contribution in [3.63, 3.8) is 0 Å². The van der Waals surface area contributed by atoms with Gasteiger partial charge in [0.2, 0.25) is 0 Å². The number of carbonyl (C=O) groups excluding carboxylic acids is 1. The number of rotatable bonds is 4. The number of fused-ring (bicyclic) bond motifs is 1. The van der Waals surface area contributed by atoms with Gasteiger partial charge in [0.15, 0.2) is 0 Å². The number of imidazole rings is 2. The largest absolute Gasteiger partial charge is 0.761 e. The van der Waals surface area contributed by atoms with Gasteiger partial charge in [-0.15, -0.1) is 0 Å². The van der Waals surface area contributed by atoms with E-state index in [-0.39, 0.29) is 0 Å². The summed E-state index contributed by atoms with van der Waals surface area (Å²) in [5.74, 6) is 6.57. The minimum absolute atomic E-state index is 0.321. The number of hydrogen-bond donors (Lipinski definition) is 2. The number of benzene rings is 2. The number of aryl methyl sites for hydroxylation is 1. The molecule has 3 heterocycles. The molecule has 35 heavy (non-hydrogen) atoms. The van der Waals surface area contributed by atoms with Crippen molar-refractivity contribution in [1.82, 2.24) is 18.9 Å². The molecule has 3 aromatic heterocycles. The zero-order valence-electron chi connectivity index (χ0n) is 18.6. The number of nitrogens with one attached hydrogen (secondary N) is 2. The van der Waals surface area contributed by atoms with E-state index in [0.717, 1.165) is 28.2 Å². The van der Waals surface area contributed by atoms with E-state index < -0.39 is 6.09 Å². The molecule has 1 amide bonds. The van der Waals surface area contributed by atoms with Crippen molar-refractivity contribution in [2.45, 2.75) is 0 Å². The van der Waals surface area contributed by atoms with Crippen LogP contribution in [0.1, 0.15) is 11.3 Å². The summed E-state index contributed by atoms with van der Waals surface area (Å²) in [6, 6.07) is 17.3. The maximum absolute atomic E-state index is 12.3. The molecule has 5 rings (SSSR count). The lowest BCUT2D eigenvalue weighted by molar-refractivity contribution is 0.215. The van der Waals surface area contributed by atoms with Gasteiger partial charge in [0.1, 0.15) is 17.1 Å². The zero-order valence-corrected chi connectivity index (χ0v) is 18.6. The lowest BCUT2D eigenvalue weighted by atomic mass is 10.1. The molecule has 9 heteroatoms. The maximum Gasteiger partial charge on any atom is 0.417 e. The molecule has 172 valence electrons. The molecule has 0 radical (unpaired) electrons. The second-order valence-corrected chi connectivity index (χ2v) is 7.65. The summed E-state index contributed by atoms with van der Waals surface area (Å²) in [5, 5.41) is 13.4. The average Bonchev–Trinajstić information content (AvgIpc) is 3.48. The molecular weight excluding hydrogens is 444 g/mol. The van der Waals surface area contributed by atoms with E-state index in [1.54, 1.807) is 30.3 Å². The van der Waals surface area contributed by atoms with Crippen LogP contribution >= 0.6 is 0 Å². The highest BCUT2D eigenvalue weighted by atomic mass is 16.6. The third-order valence-corrected chi connectivity index (χ3v) is 5.25. The van der Waals surface area contributed by atoms with Crippen molar-refractivity contribution in [3.8, 4) is 28.8 Å². The molecule has 0 saturated carbocycles. The first-order valence-electron chi connectivity index (χ1n) is 10.6. The Morgan fingerprint density at radius 1 is 1.03 bits per heavy atom. The van der Waals surface area contributed by atoms with Crippen molar-refractivity contribution in [2.75, 3.05) is 10.8 Å². The fraction of sp³-hybridized carbons (Fsp3) is 0.0385. The molecular formula is C26H19N6O3-. The molecule has 0 aliphatic heterocycles. The number of ether oxygens (including phenoxy) is 1. The molecule has 0 bridgehead atoms. The van der Waals surface area contributed by atoms with Gasteiger partial charge in [-0.1, -0.05) is 18.1 Å². The van der Waals surface area contributed by atoms with Crippen molar-refractivity contribution in [3.05, 3.63) is 102 Å². The maximum atomic E-state index is 12.3. The molecule has 0 unspecified atom stereocenters. The van der Waals surface area contributed by atoms with Gasteiger partial charge in [0.25, 0.3) is 0 Å². The Kier molecular flexibility index (Phi) is 5.86. The minimum atomic E-state index is -0.639. The van der Waals surface area contributed by atoms with Crippen molar-refractivity contribution in [2.24, 2.45) is 7.05 Å². The predicted octanol–water partition coefficient (Wildman–Crippen LogP) is 4.66. The first kappa shape index (κ1) is 21.8. The highest BCUT2D eigenvalue weighted by Crippen LogP contribution is 2.24. The van der Waals surface area contributed by atoms with Gasteiger partial charge in [0, 0.05) is 35.7 Å². The second kappa shape index (κ2) is 9.43. The van der Waals surface area contributed by atoms with E-state index in [9.17, 15) is 10.0 Å². The standard InChI is InChI=1S/C26H19N6O3/c1-31-17-27-15-22(31)8-5-18-11-12-32-24(16-28-25(32)13-18)19-3-2-4-21(14-19)29-26(33)35-23-9-6-20(30-34)7-10-23/h2-4,6-7,9-17,30H,1H3,(H,29,33)/q-1. The summed E-state index contributed by atoms with van der Waals surface area (Å²) in [7, 11) is 1.90. The van der Waals surface area contributed by atoms with Gasteiger partial charge in [-0.05, 0) is 54.5 Å². The van der Waals surface area contributed by atoms with Crippen molar-refractivity contribution in [1.29, 1.82) is 0 Å². The molecule has 0 fully saturated rings. The van der Waals surface area contributed by atoms with Gasteiger partial charge in [-0.2, -0.15) is 0 Å². The van der Waals surface area contributed by atoms with Crippen molar-refractivity contribution < 1.29 is 9.53 Å². The van der Waals surface area contributed by atoms with Gasteiger partial charge < -0.3 is 20.0 Å². The van der Waals surface area contributed by atoms with Crippen LogP contribution in [0.3, 0.4) is 0 Å². The fourth-order valence-corrected chi connectivity index (χ4v) is 3.48. The van der Waals surface area contributed by atoms with E-state index >= 15 is 0 Å². The van der Waals surface area contributed by atoms with E-state index in [0.29, 0.717) is 17.1 Å². The van der Waals surface area contributed by atoms with Crippen LogP contribution in [0.15, 0.2) is 85.6 Å². The van der Waals surface area contributed by atoms with Gasteiger partial charge >= 0.3 is 6.09 Å². The third kappa shape index (κ3) is 4.83. The molecule has 0 aliphatic rings. The Balaban J connectivity index is 1.33. The number of hydrogen-bond acceptors (Lipinski definition) is 6. The Bertz CT molecular complexity index is 1570. The summed E-state index contributed by atoms with van der Waals surface area (Å²) in [6.45, 7) is 0. The van der Waals surface area contributed by atoms with Crippen LogP contribution in [0.2, 0.25) is 0 Å². The lowest BCUT2D eigenvalue weighted by Crippen LogP contribution is -2.16. The average molecular weight is 463 g/mol. The molecule has 9 nitrogen and oxygen atoms in total. The summed E-state index contributed by atoms with van der Waals surface area (Å²) in [6.07, 6.45) is 6.48. The van der Waals surface area contributed by atoms with Gasteiger partial charge in [-0.3, -0.25) is 9.72 Å². The minimum Gasteiger partial charge on any atom is -0.761 e. The topological polar surface area (TPSA) is 109 Å². The lowest BCUT2D eigenvalue weighted by Gasteiger charge is -2.11. The van der Waals surface area contributed by atoms with E-state index in [1.807, 2.05) is 52.5 Å². The number of amides is 1. The number of carbonyl (C=O) groups is 1. The van der Waals surface area contributed by atoms with Crippen molar-refractivity contribution >= 4 is 23.1 Å². The fourth-order valence-electron chi connectivity index (χ4n) is 3.48. The normalized spacial score (nSPS) is 10.5. The van der Waals surface area contributed by atoms with E-state index in [2.05, 4.69) is 27.1 Å². The quantitative estimate of drug-likeness (QED) is 0.297. The first-order chi connectivity index (χ1) is 17.1. The molecule has 2 aromatic carbocycles. The molecule has 0 spiro atoms. The van der Waals surface area contributed by atoms with Crippen LogP contribution < -0.4 is 15.5 Å². The number of aromatic nitrogens is 4. The number of anilines is 2. The second-order valence-electron chi connectivity index (χ2n) is 7.65. The van der Waals surface area contributed by atoms with Gasteiger partial charge in [0.05, 0.1) is 24.4 Å². The Hall–Kier alpha value is -5.07. The molecule has 0 aliphatic carbocycles. The number of pyridine rings is 1. The Morgan fingerprint density at radius 2 is 1.89 bits per heavy atom. The van der Waals surface area contributed by atoms with Gasteiger partial charge in [-0.25, -0.2) is 14.8 Å². The molecule has 0 atom stereocenters. The smallest absolute Gasteiger partial charge is 0.417 e. The van der Waals surface area contributed by atoms with Crippen LogP contribution in [-0.4, -0.2) is 25.0 Å². The predicted molar refractivity (Wildman–Crippen MR) is 133 cm³/mol. The van der Waals surface area contributed by atoms with E-state index in [1.165, 1.54) is 24.3 Å². The van der Waals surface area contributed by atoms with E-state index in [4.69, 9.17) is 4.74 Å². The zero-order chi connectivity index (χ0) is 24.2. The van der Waals surface area contributed by atoms with Crippen LogP contribution in [0.5, 0.6) is 5.75 Å². The summed E-state index contributed by atoms with van der Waals surface area (Å²) >= 11 is 0. The first-order valence-corrected chi connectivity index (χ1v) is 10.6. The highest BCUT2D eigenvalue weighted by Gasteiger charge is 2.10. The molecule has 0 saturated heterocycles. The highest BCUT2D eigenvalue weighted by molar-refractivity contribution is 5.87. The molecule has 5 aromatic rings. The Morgan fingerprint density at radius 3 is 2.66 bits per heavy atom. The summed E-state index contributed by atoms with van der Waals surface area (Å²) in [5.41, 5.74) is 6.88. The van der Waals surface area contributed by atoms with Crippen LogP contribution in [-0.2, 0) is 7.05 Å². The summed E-state index contributed by atoms with van der Waals surface area (Å²) in [4.78, 5) is 20.9. The van der Waals surface area contributed by atoms with Crippen LogP contribution in [0.4, 0.5) is 16.2 Å². The number of nitrogens with zero attached hydrogens (tertiary/aromatic N) is 4. The van der Waals surface area contributed by atoms with Crippen LogP contribution in [0, 0.1) is 17.0 Å². The third-order valence-electron chi connectivity index (χ3n) is 5.25. The Labute approximate surface area is 200 Å². The van der Waals surface area contributed by atoms with Crippen LogP contribution in [0.25, 0.3) is 16.9 Å². The SMILES string of the molecule is Cn1cncc1C#Cc1ccn2c(-c3cccc(NC(=O)Oc4ccc(N[O-])cc4)c3)cnc2c1. The monoisotopic (exact) mass is 463 g/mol. The molecule has 2 N–H and O–H groups in total. The summed E-state index contributed by atoms with van der Waals surface area (Å²) < 4.78 is 9.09.